The first-order chi connectivity index (χ1) is 11.4. The zero-order chi connectivity index (χ0) is 18.4. The fourth-order valence-corrected chi connectivity index (χ4v) is 3.07. The van der Waals surface area contributed by atoms with Crippen LogP contribution in [-0.4, -0.2) is 18.4 Å². The molecule has 0 saturated heterocycles. The normalized spacial score (nSPS) is 13.8. The number of esters is 1. The molecule has 0 heterocycles. The molecule has 2 unspecified atom stereocenters. The predicted molar refractivity (Wildman–Crippen MR) is 101 cm³/mol. The summed E-state index contributed by atoms with van der Waals surface area (Å²) in [4.78, 5) is 23.9. The molecular formula is C21H40O3. The van der Waals surface area contributed by atoms with Gasteiger partial charge >= 0.3 is 5.97 Å². The third-order valence-corrected chi connectivity index (χ3v) is 4.67. The van der Waals surface area contributed by atoms with Crippen molar-refractivity contribution in [2.24, 2.45) is 17.8 Å². The summed E-state index contributed by atoms with van der Waals surface area (Å²) < 4.78 is 5.40. The van der Waals surface area contributed by atoms with Gasteiger partial charge in [0.1, 0.15) is 5.78 Å². The van der Waals surface area contributed by atoms with Crippen LogP contribution in [-0.2, 0) is 14.3 Å². The fourth-order valence-electron chi connectivity index (χ4n) is 3.07. The number of ether oxygens (including phenoxy) is 1. The van der Waals surface area contributed by atoms with E-state index in [1.54, 1.807) is 0 Å². The van der Waals surface area contributed by atoms with Gasteiger partial charge in [-0.2, -0.15) is 0 Å². The Bertz CT molecular complexity index is 336. The number of carbonyl (C=O) groups excluding carboxylic acids is 2. The van der Waals surface area contributed by atoms with Crippen LogP contribution < -0.4 is 0 Å². The van der Waals surface area contributed by atoms with Gasteiger partial charge < -0.3 is 4.74 Å². The minimum absolute atomic E-state index is 0.0244. The predicted octanol–water partition coefficient (Wildman–Crippen LogP) is 5.95. The van der Waals surface area contributed by atoms with Crippen molar-refractivity contribution in [3.8, 4) is 0 Å². The number of hydrogen-bond donors (Lipinski definition) is 0. The SMILES string of the molecule is CCCCC(CC)C(=O)OCCCCCCC(=O)C(C)CC(C)C. The van der Waals surface area contributed by atoms with E-state index in [0.29, 0.717) is 24.7 Å². The first-order valence-corrected chi connectivity index (χ1v) is 10.1. The van der Waals surface area contributed by atoms with E-state index in [-0.39, 0.29) is 17.8 Å². The van der Waals surface area contributed by atoms with Crippen molar-refractivity contribution in [2.45, 2.75) is 98.8 Å². The molecule has 0 N–H and O–H groups in total. The topological polar surface area (TPSA) is 43.4 Å². The van der Waals surface area contributed by atoms with Gasteiger partial charge in [0.05, 0.1) is 12.5 Å². The maximum Gasteiger partial charge on any atom is 0.308 e. The van der Waals surface area contributed by atoms with E-state index < -0.39 is 0 Å². The molecule has 0 radical (unpaired) electrons. The maximum absolute atomic E-state index is 12.0. The molecule has 0 spiro atoms. The number of ketones is 1. The van der Waals surface area contributed by atoms with Gasteiger partial charge in [0.25, 0.3) is 0 Å². The molecule has 0 aliphatic rings. The molecule has 0 aliphatic heterocycles. The van der Waals surface area contributed by atoms with Crippen molar-refractivity contribution < 1.29 is 14.3 Å². The van der Waals surface area contributed by atoms with Crippen LogP contribution in [0, 0.1) is 17.8 Å². The second kappa shape index (κ2) is 14.5. The summed E-state index contributed by atoms with van der Waals surface area (Å²) in [6.45, 7) is 11.1. The van der Waals surface area contributed by atoms with Gasteiger partial charge in [-0.3, -0.25) is 9.59 Å². The van der Waals surface area contributed by atoms with Gasteiger partial charge in [0, 0.05) is 12.3 Å². The molecule has 0 aliphatic carbocycles. The summed E-state index contributed by atoms with van der Waals surface area (Å²) in [5, 5.41) is 0. The van der Waals surface area contributed by atoms with E-state index in [2.05, 4.69) is 27.7 Å². The summed E-state index contributed by atoms with van der Waals surface area (Å²) in [5.41, 5.74) is 0. The average Bonchev–Trinajstić information content (AvgIpc) is 2.53. The van der Waals surface area contributed by atoms with Crippen LogP contribution >= 0.6 is 0 Å². The van der Waals surface area contributed by atoms with Gasteiger partial charge in [0.2, 0.25) is 0 Å². The Balaban J connectivity index is 3.66. The molecular weight excluding hydrogens is 300 g/mol. The monoisotopic (exact) mass is 340 g/mol. The van der Waals surface area contributed by atoms with Crippen molar-refractivity contribution in [3.63, 3.8) is 0 Å². The molecule has 0 amide bonds. The molecule has 3 heteroatoms. The van der Waals surface area contributed by atoms with Gasteiger partial charge in [-0.25, -0.2) is 0 Å². The molecule has 0 aromatic carbocycles. The third-order valence-electron chi connectivity index (χ3n) is 4.67. The minimum atomic E-state index is -0.0244. The summed E-state index contributed by atoms with van der Waals surface area (Å²) >= 11 is 0. The quantitative estimate of drug-likeness (QED) is 0.273. The number of rotatable bonds is 15. The standard InChI is InChI=1S/C21H40O3/c1-6-8-13-19(7-2)21(23)24-15-12-10-9-11-14-20(22)18(5)16-17(3)4/h17-19H,6-16H2,1-5H3. The average molecular weight is 341 g/mol. The highest BCUT2D eigenvalue weighted by molar-refractivity contribution is 5.80. The van der Waals surface area contributed by atoms with Crippen molar-refractivity contribution in [1.29, 1.82) is 0 Å². The molecule has 0 aromatic rings. The Morgan fingerprint density at radius 2 is 1.58 bits per heavy atom. The van der Waals surface area contributed by atoms with Crippen LogP contribution in [0.5, 0.6) is 0 Å². The fraction of sp³-hybridized carbons (Fsp3) is 0.905. The lowest BCUT2D eigenvalue weighted by atomic mass is 9.92. The van der Waals surface area contributed by atoms with Gasteiger partial charge in [0.15, 0.2) is 0 Å². The van der Waals surface area contributed by atoms with Crippen LogP contribution in [0.15, 0.2) is 0 Å². The molecule has 0 aromatic heterocycles. The summed E-state index contributed by atoms with van der Waals surface area (Å²) in [6.07, 6.45) is 9.67. The van der Waals surface area contributed by atoms with Crippen molar-refractivity contribution in [3.05, 3.63) is 0 Å². The smallest absolute Gasteiger partial charge is 0.308 e. The molecule has 142 valence electrons. The Kier molecular flexibility index (Phi) is 14.0. The number of Topliss-reactive ketones (excluding diaryl/α,β-unsaturated/α-hetero) is 1. The Morgan fingerprint density at radius 1 is 0.917 bits per heavy atom. The number of unbranched alkanes of at least 4 members (excludes halogenated alkanes) is 4. The van der Waals surface area contributed by atoms with Crippen LogP contribution in [0.2, 0.25) is 0 Å². The van der Waals surface area contributed by atoms with Gasteiger partial charge in [-0.15, -0.1) is 0 Å². The number of carbonyl (C=O) groups is 2. The van der Waals surface area contributed by atoms with E-state index in [1.165, 1.54) is 0 Å². The highest BCUT2D eigenvalue weighted by Gasteiger charge is 2.17. The largest absolute Gasteiger partial charge is 0.465 e. The van der Waals surface area contributed by atoms with Crippen LogP contribution in [0.4, 0.5) is 0 Å². The lowest BCUT2D eigenvalue weighted by molar-refractivity contribution is -0.149. The molecule has 3 nitrogen and oxygen atoms in total. The molecule has 24 heavy (non-hydrogen) atoms. The van der Waals surface area contributed by atoms with E-state index in [4.69, 9.17) is 4.74 Å². The van der Waals surface area contributed by atoms with Crippen molar-refractivity contribution in [1.82, 2.24) is 0 Å². The molecule has 2 atom stereocenters. The third kappa shape index (κ3) is 11.6. The lowest BCUT2D eigenvalue weighted by Crippen LogP contribution is -2.17. The second-order valence-electron chi connectivity index (χ2n) is 7.58. The molecule has 0 rings (SSSR count). The van der Waals surface area contributed by atoms with E-state index in [0.717, 1.165) is 57.8 Å². The molecule has 0 fully saturated rings. The zero-order valence-electron chi connectivity index (χ0n) is 16.7. The minimum Gasteiger partial charge on any atom is -0.465 e. The first-order valence-electron chi connectivity index (χ1n) is 10.1. The maximum atomic E-state index is 12.0. The van der Waals surface area contributed by atoms with Crippen LogP contribution in [0.25, 0.3) is 0 Å². The van der Waals surface area contributed by atoms with Gasteiger partial charge in [-0.05, 0) is 38.0 Å². The van der Waals surface area contributed by atoms with Crippen molar-refractivity contribution >= 4 is 11.8 Å². The van der Waals surface area contributed by atoms with Crippen LogP contribution in [0.1, 0.15) is 98.8 Å². The second-order valence-corrected chi connectivity index (χ2v) is 7.58. The molecule has 0 bridgehead atoms. The summed E-state index contributed by atoms with van der Waals surface area (Å²) in [7, 11) is 0. The highest BCUT2D eigenvalue weighted by atomic mass is 16.5. The van der Waals surface area contributed by atoms with E-state index in [9.17, 15) is 9.59 Å². The Morgan fingerprint density at radius 3 is 2.17 bits per heavy atom. The summed E-state index contributed by atoms with van der Waals surface area (Å²) in [5.74, 6) is 1.23. The van der Waals surface area contributed by atoms with Gasteiger partial charge in [-0.1, -0.05) is 60.3 Å². The van der Waals surface area contributed by atoms with E-state index >= 15 is 0 Å². The van der Waals surface area contributed by atoms with Crippen molar-refractivity contribution in [2.75, 3.05) is 6.61 Å². The van der Waals surface area contributed by atoms with E-state index in [1.807, 2.05) is 6.92 Å². The van der Waals surface area contributed by atoms with Crippen LogP contribution in [0.3, 0.4) is 0 Å². The first kappa shape index (κ1) is 23.1. The zero-order valence-corrected chi connectivity index (χ0v) is 16.7. The Hall–Kier alpha value is -0.860. The number of hydrogen-bond acceptors (Lipinski definition) is 3. The lowest BCUT2D eigenvalue weighted by Gasteiger charge is -2.14. The Labute approximate surface area is 149 Å². The molecule has 0 saturated carbocycles. The summed E-state index contributed by atoms with van der Waals surface area (Å²) in [6, 6.07) is 0. The highest BCUT2D eigenvalue weighted by Crippen LogP contribution is 2.16.